The fourth-order valence-electron chi connectivity index (χ4n) is 3.39. The summed E-state index contributed by atoms with van der Waals surface area (Å²) in [7, 11) is 3.24. The quantitative estimate of drug-likeness (QED) is 0.460. The van der Waals surface area contributed by atoms with Gasteiger partial charge in [-0.25, -0.2) is 0 Å². The number of ether oxygens (including phenoxy) is 2. The van der Waals surface area contributed by atoms with Crippen molar-refractivity contribution in [3.05, 3.63) is 82.7 Å². The van der Waals surface area contributed by atoms with E-state index >= 15 is 0 Å². The lowest BCUT2D eigenvalue weighted by molar-refractivity contribution is -0.117. The smallest absolute Gasteiger partial charge is 0.262 e. The maximum Gasteiger partial charge on any atom is 0.262 e. The molecule has 1 heterocycles. The fourth-order valence-corrected chi connectivity index (χ4v) is 3.39. The van der Waals surface area contributed by atoms with Gasteiger partial charge >= 0.3 is 0 Å². The average Bonchev–Trinajstić information content (AvgIpc) is 3.08. The summed E-state index contributed by atoms with van der Waals surface area (Å²) in [6, 6.07) is 19.1. The molecule has 2 aromatic carbocycles. The highest BCUT2D eigenvalue weighted by Gasteiger charge is 2.14. The molecule has 31 heavy (non-hydrogen) atoms. The molecule has 1 N–H and O–H groups in total. The van der Waals surface area contributed by atoms with Crippen molar-refractivity contribution in [2.24, 2.45) is 0 Å². The van der Waals surface area contributed by atoms with Crippen LogP contribution in [0.5, 0.6) is 11.5 Å². The van der Waals surface area contributed by atoms with Gasteiger partial charge in [0.25, 0.3) is 5.91 Å². The summed E-state index contributed by atoms with van der Waals surface area (Å²) in [6.07, 6.45) is 1.63. The highest BCUT2D eigenvalue weighted by atomic mass is 16.5. The zero-order valence-electron chi connectivity index (χ0n) is 18.1. The van der Waals surface area contributed by atoms with E-state index in [1.165, 1.54) is 0 Å². The van der Waals surface area contributed by atoms with E-state index in [4.69, 9.17) is 9.47 Å². The van der Waals surface area contributed by atoms with Gasteiger partial charge in [0.15, 0.2) is 0 Å². The molecule has 1 aromatic heterocycles. The summed E-state index contributed by atoms with van der Waals surface area (Å²) in [4.78, 5) is 12.6. The minimum Gasteiger partial charge on any atom is -0.497 e. The number of methoxy groups -OCH3 is 2. The first kappa shape index (κ1) is 21.7. The van der Waals surface area contributed by atoms with Crippen LogP contribution in [0.15, 0.2) is 60.2 Å². The number of nitrogens with one attached hydrogen (secondary N) is 1. The largest absolute Gasteiger partial charge is 0.497 e. The van der Waals surface area contributed by atoms with Crippen molar-refractivity contribution in [3.63, 3.8) is 0 Å². The Kier molecular flexibility index (Phi) is 6.78. The lowest BCUT2D eigenvalue weighted by atomic mass is 10.1. The molecule has 0 aliphatic rings. The lowest BCUT2D eigenvalue weighted by Crippen LogP contribution is -2.23. The van der Waals surface area contributed by atoms with Crippen LogP contribution in [-0.4, -0.2) is 24.7 Å². The number of hydrogen-bond donors (Lipinski definition) is 1. The zero-order valence-corrected chi connectivity index (χ0v) is 18.1. The van der Waals surface area contributed by atoms with Gasteiger partial charge in [-0.1, -0.05) is 12.1 Å². The SMILES string of the molecule is COc1ccc(CNC(=O)/C(C#N)=C\c2cc(C)n(-c3ccc(OC)cc3)c2C)cc1. The summed E-state index contributed by atoms with van der Waals surface area (Å²) in [5.74, 6) is 1.12. The number of hydrogen-bond acceptors (Lipinski definition) is 4. The van der Waals surface area contributed by atoms with Gasteiger partial charge in [-0.3, -0.25) is 4.79 Å². The van der Waals surface area contributed by atoms with Crippen LogP contribution in [0.4, 0.5) is 0 Å². The van der Waals surface area contributed by atoms with Crippen LogP contribution in [0.3, 0.4) is 0 Å². The molecule has 0 fully saturated rings. The first-order valence-electron chi connectivity index (χ1n) is 9.83. The first-order chi connectivity index (χ1) is 15.0. The first-order valence-corrected chi connectivity index (χ1v) is 9.83. The van der Waals surface area contributed by atoms with Gasteiger partial charge in [-0.2, -0.15) is 5.26 Å². The third kappa shape index (κ3) is 4.96. The van der Waals surface area contributed by atoms with Crippen molar-refractivity contribution in [2.75, 3.05) is 14.2 Å². The number of nitrogens with zero attached hydrogens (tertiary/aromatic N) is 2. The molecular formula is C25H25N3O3. The van der Waals surface area contributed by atoms with Gasteiger partial charge in [-0.15, -0.1) is 0 Å². The molecule has 158 valence electrons. The van der Waals surface area contributed by atoms with Gasteiger partial charge in [0.1, 0.15) is 23.1 Å². The molecule has 0 radical (unpaired) electrons. The fraction of sp³-hybridized carbons (Fsp3) is 0.200. The molecule has 0 aliphatic heterocycles. The minimum absolute atomic E-state index is 0.0588. The van der Waals surface area contributed by atoms with E-state index in [1.54, 1.807) is 20.3 Å². The summed E-state index contributed by atoms with van der Waals surface area (Å²) in [5, 5.41) is 12.4. The highest BCUT2D eigenvalue weighted by molar-refractivity contribution is 6.01. The molecule has 3 aromatic rings. The highest BCUT2D eigenvalue weighted by Crippen LogP contribution is 2.24. The Labute approximate surface area is 182 Å². The van der Waals surface area contributed by atoms with Crippen LogP contribution in [0, 0.1) is 25.2 Å². The summed E-state index contributed by atoms with van der Waals surface area (Å²) in [5.41, 5.74) is 4.73. The monoisotopic (exact) mass is 415 g/mol. The van der Waals surface area contributed by atoms with Crippen molar-refractivity contribution < 1.29 is 14.3 Å². The molecule has 6 nitrogen and oxygen atoms in total. The molecular weight excluding hydrogens is 390 g/mol. The normalized spacial score (nSPS) is 11.0. The van der Waals surface area contributed by atoms with Crippen LogP contribution in [0.1, 0.15) is 22.5 Å². The van der Waals surface area contributed by atoms with Crippen molar-refractivity contribution in [1.29, 1.82) is 5.26 Å². The number of aromatic nitrogens is 1. The molecule has 0 spiro atoms. The zero-order chi connectivity index (χ0) is 22.4. The minimum atomic E-state index is -0.410. The third-order valence-corrected chi connectivity index (χ3v) is 5.08. The Morgan fingerprint density at radius 3 is 2.16 bits per heavy atom. The van der Waals surface area contributed by atoms with Gasteiger partial charge in [0.2, 0.25) is 0 Å². The van der Waals surface area contributed by atoms with Crippen LogP contribution in [0.2, 0.25) is 0 Å². The second kappa shape index (κ2) is 9.68. The molecule has 3 rings (SSSR count). The van der Waals surface area contributed by atoms with Crippen molar-refractivity contribution in [1.82, 2.24) is 9.88 Å². The van der Waals surface area contributed by atoms with E-state index in [0.717, 1.165) is 39.7 Å². The van der Waals surface area contributed by atoms with E-state index < -0.39 is 5.91 Å². The third-order valence-electron chi connectivity index (χ3n) is 5.08. The molecule has 1 amide bonds. The van der Waals surface area contributed by atoms with E-state index in [9.17, 15) is 10.1 Å². The molecule has 0 bridgehead atoms. The van der Waals surface area contributed by atoms with Crippen LogP contribution < -0.4 is 14.8 Å². The van der Waals surface area contributed by atoms with Crippen LogP contribution >= 0.6 is 0 Å². The Hall–Kier alpha value is -3.98. The number of carbonyl (C=O) groups is 1. The summed E-state index contributed by atoms with van der Waals surface area (Å²) < 4.78 is 12.4. The number of nitriles is 1. The number of benzene rings is 2. The Morgan fingerprint density at radius 2 is 1.61 bits per heavy atom. The predicted molar refractivity (Wildman–Crippen MR) is 120 cm³/mol. The molecule has 0 saturated carbocycles. The summed E-state index contributed by atoms with van der Waals surface area (Å²) >= 11 is 0. The maximum absolute atomic E-state index is 12.6. The average molecular weight is 415 g/mol. The van der Waals surface area contributed by atoms with Crippen molar-refractivity contribution >= 4 is 12.0 Å². The van der Waals surface area contributed by atoms with Crippen molar-refractivity contribution in [2.45, 2.75) is 20.4 Å². The predicted octanol–water partition coefficient (Wildman–Crippen LogP) is 4.33. The topological polar surface area (TPSA) is 76.3 Å². The van der Waals surface area contributed by atoms with E-state index in [-0.39, 0.29) is 5.57 Å². The van der Waals surface area contributed by atoms with E-state index in [2.05, 4.69) is 9.88 Å². The lowest BCUT2D eigenvalue weighted by Gasteiger charge is -2.10. The number of amides is 1. The van der Waals surface area contributed by atoms with E-state index in [0.29, 0.717) is 6.54 Å². The van der Waals surface area contributed by atoms with E-state index in [1.807, 2.05) is 74.5 Å². The Morgan fingerprint density at radius 1 is 1.03 bits per heavy atom. The molecule has 6 heteroatoms. The Bertz CT molecular complexity index is 1130. The second-order valence-electron chi connectivity index (χ2n) is 7.06. The summed E-state index contributed by atoms with van der Waals surface area (Å²) in [6.45, 7) is 4.28. The maximum atomic E-state index is 12.6. The number of carbonyl (C=O) groups excluding carboxylic acids is 1. The number of rotatable bonds is 7. The van der Waals surface area contributed by atoms with Crippen LogP contribution in [-0.2, 0) is 11.3 Å². The van der Waals surface area contributed by atoms with Gasteiger partial charge in [-0.05, 0) is 73.5 Å². The molecule has 0 saturated heterocycles. The molecule has 0 atom stereocenters. The van der Waals surface area contributed by atoms with Gasteiger partial charge in [0.05, 0.1) is 14.2 Å². The standard InChI is InChI=1S/C25H25N3O3/c1-17-13-20(18(2)28(17)22-7-11-24(31-4)12-8-22)14-21(15-26)25(29)27-16-19-5-9-23(30-3)10-6-19/h5-14H,16H2,1-4H3,(H,27,29)/b21-14-. The van der Waals surface area contributed by atoms with Crippen molar-refractivity contribution in [3.8, 4) is 23.3 Å². The van der Waals surface area contributed by atoms with Gasteiger partial charge < -0.3 is 19.4 Å². The number of aryl methyl sites for hydroxylation is 1. The Balaban J connectivity index is 1.79. The molecule has 0 unspecified atom stereocenters. The molecule has 0 aliphatic carbocycles. The van der Waals surface area contributed by atoms with Crippen LogP contribution in [0.25, 0.3) is 11.8 Å². The van der Waals surface area contributed by atoms with Gasteiger partial charge in [0, 0.05) is 23.6 Å². The second-order valence-corrected chi connectivity index (χ2v) is 7.06.